The Hall–Kier alpha value is -2.75. The molecule has 0 bridgehead atoms. The zero-order valence-electron chi connectivity index (χ0n) is 18.8. The molecule has 5 rings (SSSR count). The Labute approximate surface area is 206 Å². The van der Waals surface area contributed by atoms with Gasteiger partial charge in [0.05, 0.1) is 18.3 Å². The second kappa shape index (κ2) is 10.7. The van der Waals surface area contributed by atoms with Gasteiger partial charge in [-0.2, -0.15) is 0 Å². The highest BCUT2D eigenvalue weighted by molar-refractivity contribution is 7.98. The third kappa shape index (κ3) is 5.65. The number of nitrogens with zero attached hydrogens (tertiary/aromatic N) is 4. The summed E-state index contributed by atoms with van der Waals surface area (Å²) in [7, 11) is 0. The molecule has 176 valence electrons. The maximum Gasteiger partial charge on any atom is 0.191 e. The summed E-state index contributed by atoms with van der Waals surface area (Å²) >= 11 is 3.19. The minimum Gasteiger partial charge on any atom is -0.486 e. The first-order valence-electron chi connectivity index (χ1n) is 11.2. The van der Waals surface area contributed by atoms with E-state index in [2.05, 4.69) is 27.1 Å². The van der Waals surface area contributed by atoms with Crippen LogP contribution in [0.5, 0.6) is 5.75 Å². The fourth-order valence-corrected chi connectivity index (χ4v) is 5.41. The van der Waals surface area contributed by atoms with Gasteiger partial charge in [0.25, 0.3) is 0 Å². The first-order valence-corrected chi connectivity index (χ1v) is 13.1. The predicted octanol–water partition coefficient (Wildman–Crippen LogP) is 5.90. The van der Waals surface area contributed by atoms with Crippen LogP contribution in [0.1, 0.15) is 29.1 Å². The molecule has 1 saturated heterocycles. The molecule has 0 spiro atoms. The summed E-state index contributed by atoms with van der Waals surface area (Å²) in [4.78, 5) is 4.71. The number of rotatable bonds is 9. The summed E-state index contributed by atoms with van der Waals surface area (Å²) < 4.78 is 27.2. The molecule has 1 aliphatic rings. The highest BCUT2D eigenvalue weighted by Crippen LogP contribution is 2.29. The molecule has 9 heteroatoms. The number of aryl methyl sites for hydroxylation is 1. The molecule has 0 N–H and O–H groups in total. The van der Waals surface area contributed by atoms with Crippen molar-refractivity contribution in [2.45, 2.75) is 49.9 Å². The predicted molar refractivity (Wildman–Crippen MR) is 132 cm³/mol. The molecule has 34 heavy (non-hydrogen) atoms. The lowest BCUT2D eigenvalue weighted by Gasteiger charge is -2.14. The number of hydrogen-bond donors (Lipinski definition) is 0. The van der Waals surface area contributed by atoms with Crippen molar-refractivity contribution < 1.29 is 13.9 Å². The maximum atomic E-state index is 13.4. The van der Waals surface area contributed by atoms with Gasteiger partial charge in [-0.15, -0.1) is 21.5 Å². The summed E-state index contributed by atoms with van der Waals surface area (Å²) in [6.45, 7) is 3.96. The Balaban J connectivity index is 1.26. The van der Waals surface area contributed by atoms with Crippen LogP contribution >= 0.6 is 23.1 Å². The van der Waals surface area contributed by atoms with Gasteiger partial charge in [0.1, 0.15) is 23.2 Å². The monoisotopic (exact) mass is 496 g/mol. The van der Waals surface area contributed by atoms with Crippen molar-refractivity contribution in [2.75, 3.05) is 6.61 Å². The zero-order valence-corrected chi connectivity index (χ0v) is 20.4. The number of aromatic nitrogens is 4. The number of benzene rings is 2. The molecule has 2 aromatic carbocycles. The first-order chi connectivity index (χ1) is 16.6. The average Bonchev–Trinajstić information content (AvgIpc) is 3.60. The number of ether oxygens (including phenoxy) is 2. The largest absolute Gasteiger partial charge is 0.486 e. The van der Waals surface area contributed by atoms with E-state index in [4.69, 9.17) is 14.5 Å². The van der Waals surface area contributed by atoms with Crippen molar-refractivity contribution in [1.82, 2.24) is 19.7 Å². The molecule has 1 unspecified atom stereocenters. The minimum absolute atomic E-state index is 0.138. The zero-order chi connectivity index (χ0) is 23.3. The number of halogens is 1. The molecule has 6 nitrogen and oxygen atoms in total. The lowest BCUT2D eigenvalue weighted by atomic mass is 10.2. The molecule has 4 aromatic rings. The highest BCUT2D eigenvalue weighted by Gasteiger charge is 2.22. The van der Waals surface area contributed by atoms with E-state index in [0.29, 0.717) is 18.9 Å². The number of thiazole rings is 1. The molecule has 0 aliphatic carbocycles. The topological polar surface area (TPSA) is 62.1 Å². The van der Waals surface area contributed by atoms with Crippen LogP contribution in [0, 0.1) is 12.7 Å². The molecule has 2 aromatic heterocycles. The van der Waals surface area contributed by atoms with Crippen LogP contribution in [0.25, 0.3) is 11.4 Å². The summed E-state index contributed by atoms with van der Waals surface area (Å²) in [5.74, 6) is 1.97. The van der Waals surface area contributed by atoms with E-state index in [-0.39, 0.29) is 11.9 Å². The van der Waals surface area contributed by atoms with Crippen LogP contribution in [0.2, 0.25) is 0 Å². The second-order valence-electron chi connectivity index (χ2n) is 8.18. The molecule has 1 fully saturated rings. The van der Waals surface area contributed by atoms with Crippen LogP contribution < -0.4 is 4.74 Å². The summed E-state index contributed by atoms with van der Waals surface area (Å²) in [6, 6.07) is 14.4. The van der Waals surface area contributed by atoms with E-state index in [1.54, 1.807) is 35.2 Å². The fourth-order valence-electron chi connectivity index (χ4n) is 3.76. The standard InChI is InChI=1S/C25H25FN4O2S2/c1-17-4-10-21(11-5-17)32-14-23-27-20(15-33-23)16-34-25-29-28-24(18-6-8-19(26)9-7-18)30(25)13-22-3-2-12-31-22/h4-11,15,22H,2-3,12-14,16H2,1H3. The molecule has 1 atom stereocenters. The first kappa shape index (κ1) is 23.0. The van der Waals surface area contributed by atoms with Crippen molar-refractivity contribution >= 4 is 23.1 Å². The van der Waals surface area contributed by atoms with Gasteiger partial charge in [0.15, 0.2) is 11.0 Å². The van der Waals surface area contributed by atoms with Gasteiger partial charge >= 0.3 is 0 Å². The number of thioether (sulfide) groups is 1. The SMILES string of the molecule is Cc1ccc(OCc2nc(CSc3nnc(-c4ccc(F)cc4)n3CC3CCCO3)cs2)cc1. The molecular formula is C25H25FN4O2S2. The van der Waals surface area contributed by atoms with Crippen LogP contribution in [0.3, 0.4) is 0 Å². The van der Waals surface area contributed by atoms with E-state index in [1.165, 1.54) is 17.7 Å². The lowest BCUT2D eigenvalue weighted by molar-refractivity contribution is 0.0953. The molecule has 1 aliphatic heterocycles. The molecule has 0 amide bonds. The summed E-state index contributed by atoms with van der Waals surface area (Å²) in [5.41, 5.74) is 3.02. The van der Waals surface area contributed by atoms with Gasteiger partial charge < -0.3 is 9.47 Å². The van der Waals surface area contributed by atoms with E-state index in [0.717, 1.165) is 52.4 Å². The molecule has 0 saturated carbocycles. The van der Waals surface area contributed by atoms with Gasteiger partial charge in [-0.1, -0.05) is 29.5 Å². The van der Waals surface area contributed by atoms with Crippen LogP contribution in [0.15, 0.2) is 59.1 Å². The van der Waals surface area contributed by atoms with Gasteiger partial charge in [0.2, 0.25) is 0 Å². The van der Waals surface area contributed by atoms with Gasteiger partial charge in [-0.25, -0.2) is 9.37 Å². The Bertz CT molecular complexity index is 1220. The van der Waals surface area contributed by atoms with Crippen molar-refractivity contribution in [1.29, 1.82) is 0 Å². The van der Waals surface area contributed by atoms with E-state index >= 15 is 0 Å². The van der Waals surface area contributed by atoms with Gasteiger partial charge in [-0.05, 0) is 56.2 Å². The van der Waals surface area contributed by atoms with Crippen molar-refractivity contribution in [3.63, 3.8) is 0 Å². The van der Waals surface area contributed by atoms with Crippen LogP contribution in [-0.2, 0) is 23.6 Å². The summed E-state index contributed by atoms with van der Waals surface area (Å²) in [6.07, 6.45) is 2.22. The Kier molecular flexibility index (Phi) is 7.22. The number of hydrogen-bond acceptors (Lipinski definition) is 7. The average molecular weight is 497 g/mol. The van der Waals surface area contributed by atoms with Crippen molar-refractivity contribution in [3.05, 3.63) is 76.0 Å². The second-order valence-corrected chi connectivity index (χ2v) is 10.1. The third-order valence-corrected chi connectivity index (χ3v) is 7.43. The fraction of sp³-hybridized carbons (Fsp3) is 0.320. The quantitative estimate of drug-likeness (QED) is 0.269. The van der Waals surface area contributed by atoms with Crippen LogP contribution in [0.4, 0.5) is 4.39 Å². The van der Waals surface area contributed by atoms with E-state index < -0.39 is 0 Å². The maximum absolute atomic E-state index is 13.4. The lowest BCUT2D eigenvalue weighted by Crippen LogP contribution is -2.16. The molecular weight excluding hydrogens is 471 g/mol. The minimum atomic E-state index is -0.269. The smallest absolute Gasteiger partial charge is 0.191 e. The Morgan fingerprint density at radius 2 is 1.97 bits per heavy atom. The van der Waals surface area contributed by atoms with Gasteiger partial charge in [-0.3, -0.25) is 4.57 Å². The van der Waals surface area contributed by atoms with Gasteiger partial charge in [0, 0.05) is 23.3 Å². The van der Waals surface area contributed by atoms with Crippen LogP contribution in [-0.4, -0.2) is 32.5 Å². The highest BCUT2D eigenvalue weighted by atomic mass is 32.2. The third-order valence-electron chi connectivity index (χ3n) is 5.56. The van der Waals surface area contributed by atoms with E-state index in [1.807, 2.05) is 24.3 Å². The molecule has 3 heterocycles. The van der Waals surface area contributed by atoms with Crippen molar-refractivity contribution in [3.8, 4) is 17.1 Å². The Morgan fingerprint density at radius 1 is 1.15 bits per heavy atom. The molecule has 0 radical (unpaired) electrons. The normalized spacial score (nSPS) is 15.6. The van der Waals surface area contributed by atoms with Crippen molar-refractivity contribution in [2.24, 2.45) is 0 Å². The summed E-state index contributed by atoms with van der Waals surface area (Å²) in [5, 5.41) is 12.7. The van der Waals surface area contributed by atoms with E-state index in [9.17, 15) is 4.39 Å². The Morgan fingerprint density at radius 3 is 2.74 bits per heavy atom.